The normalized spacial score (nSPS) is 12.6. The average molecular weight is 411 g/mol. The van der Waals surface area contributed by atoms with E-state index < -0.39 is 11.9 Å². The van der Waals surface area contributed by atoms with Crippen LogP contribution in [-0.2, 0) is 0 Å². The topological polar surface area (TPSA) is 38.1 Å². The van der Waals surface area contributed by atoms with Gasteiger partial charge in [0.2, 0.25) is 0 Å². The smallest absolute Gasteiger partial charge is 0.255 e. The first-order valence-electron chi connectivity index (χ1n) is 9.86. The summed E-state index contributed by atoms with van der Waals surface area (Å²) in [6.45, 7) is 7.80. The molecule has 2 aromatic heterocycles. The Bertz CT molecular complexity index is 1010. The van der Waals surface area contributed by atoms with Gasteiger partial charge in [-0.2, -0.15) is 13.2 Å². The molecule has 1 aromatic carbocycles. The summed E-state index contributed by atoms with van der Waals surface area (Å²) in [5.74, 6) is 0.0643. The third-order valence-electron chi connectivity index (χ3n) is 4.75. The van der Waals surface area contributed by atoms with E-state index in [1.165, 1.54) is 6.07 Å². The van der Waals surface area contributed by atoms with E-state index in [0.29, 0.717) is 17.1 Å². The number of para-hydroxylation sites is 1. The van der Waals surface area contributed by atoms with Crippen molar-refractivity contribution in [1.82, 2.24) is 9.97 Å². The number of pyridine rings is 2. The minimum atomic E-state index is -4.66. The lowest BCUT2D eigenvalue weighted by Gasteiger charge is -2.18. The number of halogens is 3. The summed E-state index contributed by atoms with van der Waals surface area (Å²) in [7, 11) is 0. The van der Waals surface area contributed by atoms with Gasteiger partial charge >= 0.3 is 6.18 Å². The predicted molar refractivity (Wildman–Crippen MR) is 114 cm³/mol. The van der Waals surface area contributed by atoms with E-state index in [2.05, 4.69) is 15.0 Å². The number of aliphatic imine (C=N–C) groups is 1. The lowest BCUT2D eigenvalue weighted by Crippen LogP contribution is -2.25. The van der Waals surface area contributed by atoms with Crippen LogP contribution in [0.25, 0.3) is 11.4 Å². The molecule has 0 fully saturated rings. The standard InChI is InChI=1S/C24H24F3N3/c1-15(2)17-9-7-10-18(16(3)4)22(17)30-23(24(25,26)27)21-13-8-12-20(29-21)19-11-5-6-14-28-19/h5-16H,1-4H3. The van der Waals surface area contributed by atoms with Crippen molar-refractivity contribution in [1.29, 1.82) is 0 Å². The van der Waals surface area contributed by atoms with Gasteiger partial charge in [0.15, 0.2) is 5.71 Å². The molecule has 0 aliphatic carbocycles. The Morgan fingerprint density at radius 2 is 1.40 bits per heavy atom. The molecule has 0 saturated carbocycles. The zero-order chi connectivity index (χ0) is 21.9. The van der Waals surface area contributed by atoms with E-state index in [-0.39, 0.29) is 17.5 Å². The predicted octanol–water partition coefficient (Wildman–Crippen LogP) is 7.07. The maximum atomic E-state index is 14.1. The summed E-state index contributed by atoms with van der Waals surface area (Å²) in [5.41, 5.74) is 1.58. The van der Waals surface area contributed by atoms with Crippen molar-refractivity contribution in [3.8, 4) is 11.4 Å². The third-order valence-corrected chi connectivity index (χ3v) is 4.75. The molecular formula is C24H24F3N3. The van der Waals surface area contributed by atoms with Crippen molar-refractivity contribution in [3.63, 3.8) is 0 Å². The quantitative estimate of drug-likeness (QED) is 0.421. The van der Waals surface area contributed by atoms with Crippen LogP contribution in [0.1, 0.15) is 56.4 Å². The van der Waals surface area contributed by atoms with Gasteiger partial charge in [-0.05, 0) is 47.2 Å². The second-order valence-corrected chi connectivity index (χ2v) is 7.68. The lowest BCUT2D eigenvalue weighted by molar-refractivity contribution is -0.0581. The maximum absolute atomic E-state index is 14.1. The van der Waals surface area contributed by atoms with Crippen LogP contribution in [0.3, 0.4) is 0 Å². The van der Waals surface area contributed by atoms with Gasteiger partial charge in [0.1, 0.15) is 0 Å². The minimum absolute atomic E-state index is 0.0322. The SMILES string of the molecule is CC(C)c1cccc(C(C)C)c1N=C(c1cccc(-c2ccccn2)n1)C(F)(F)F. The van der Waals surface area contributed by atoms with Crippen molar-refractivity contribution in [3.05, 3.63) is 77.6 Å². The van der Waals surface area contributed by atoms with E-state index in [1.54, 1.807) is 36.5 Å². The number of alkyl halides is 3. The Balaban J connectivity index is 2.22. The third kappa shape index (κ3) is 4.75. The highest BCUT2D eigenvalue weighted by Crippen LogP contribution is 2.37. The molecule has 3 nitrogen and oxygen atoms in total. The molecule has 0 spiro atoms. The van der Waals surface area contributed by atoms with Crippen LogP contribution in [0.2, 0.25) is 0 Å². The zero-order valence-corrected chi connectivity index (χ0v) is 17.4. The molecule has 3 aromatic rings. The molecule has 0 bridgehead atoms. The fourth-order valence-electron chi connectivity index (χ4n) is 3.24. The molecule has 0 unspecified atom stereocenters. The number of hydrogen-bond donors (Lipinski definition) is 0. The monoisotopic (exact) mass is 411 g/mol. The van der Waals surface area contributed by atoms with Gasteiger partial charge in [0.25, 0.3) is 0 Å². The van der Waals surface area contributed by atoms with E-state index >= 15 is 0 Å². The van der Waals surface area contributed by atoms with Gasteiger partial charge < -0.3 is 0 Å². The van der Waals surface area contributed by atoms with Gasteiger partial charge in [-0.1, -0.05) is 58.0 Å². The molecular weight excluding hydrogens is 387 g/mol. The molecule has 0 atom stereocenters. The molecule has 30 heavy (non-hydrogen) atoms. The Labute approximate surface area is 174 Å². The fraction of sp³-hybridized carbons (Fsp3) is 0.292. The molecule has 0 saturated heterocycles. The number of hydrogen-bond acceptors (Lipinski definition) is 3. The Morgan fingerprint density at radius 1 is 0.800 bits per heavy atom. The summed E-state index contributed by atoms with van der Waals surface area (Å²) in [5, 5.41) is 0. The second kappa shape index (κ2) is 8.78. The summed E-state index contributed by atoms with van der Waals surface area (Å²) in [4.78, 5) is 12.6. The highest BCUT2D eigenvalue weighted by atomic mass is 19.4. The van der Waals surface area contributed by atoms with Gasteiger partial charge in [-0.15, -0.1) is 0 Å². The Morgan fingerprint density at radius 3 is 1.93 bits per heavy atom. The first-order valence-corrected chi connectivity index (χ1v) is 9.86. The van der Waals surface area contributed by atoms with Crippen molar-refractivity contribution in [2.45, 2.75) is 45.7 Å². The summed E-state index contributed by atoms with van der Waals surface area (Å²) in [6.07, 6.45) is -3.08. The number of nitrogens with zero attached hydrogens (tertiary/aromatic N) is 3. The molecule has 0 radical (unpaired) electrons. The van der Waals surface area contributed by atoms with Crippen molar-refractivity contribution < 1.29 is 13.2 Å². The molecule has 3 rings (SSSR count). The summed E-state index contributed by atoms with van der Waals surface area (Å²) >= 11 is 0. The molecule has 0 aliphatic heterocycles. The summed E-state index contributed by atoms with van der Waals surface area (Å²) in [6, 6.07) is 15.3. The molecule has 0 N–H and O–H groups in total. The average Bonchev–Trinajstić information content (AvgIpc) is 2.71. The fourth-order valence-corrected chi connectivity index (χ4v) is 3.24. The van der Waals surface area contributed by atoms with E-state index in [4.69, 9.17) is 0 Å². The van der Waals surface area contributed by atoms with Crippen LogP contribution in [0.15, 0.2) is 65.8 Å². The first-order chi connectivity index (χ1) is 14.2. The van der Waals surface area contributed by atoms with Crippen LogP contribution < -0.4 is 0 Å². The largest absolute Gasteiger partial charge is 0.435 e. The maximum Gasteiger partial charge on any atom is 0.435 e. The molecule has 0 aliphatic rings. The van der Waals surface area contributed by atoms with Gasteiger partial charge in [-0.3, -0.25) is 4.98 Å². The molecule has 0 amide bonds. The van der Waals surface area contributed by atoms with Crippen molar-refractivity contribution >= 4 is 11.4 Å². The van der Waals surface area contributed by atoms with Crippen molar-refractivity contribution in [2.24, 2.45) is 4.99 Å². The first kappa shape index (κ1) is 21.7. The Hall–Kier alpha value is -3.02. The van der Waals surface area contributed by atoms with Crippen LogP contribution >= 0.6 is 0 Å². The summed E-state index contributed by atoms with van der Waals surface area (Å²) < 4.78 is 42.3. The van der Waals surface area contributed by atoms with Crippen molar-refractivity contribution in [2.75, 3.05) is 0 Å². The number of aromatic nitrogens is 2. The lowest BCUT2D eigenvalue weighted by atomic mass is 9.93. The van der Waals surface area contributed by atoms with Crippen LogP contribution in [0.5, 0.6) is 0 Å². The highest BCUT2D eigenvalue weighted by molar-refractivity contribution is 6.05. The van der Waals surface area contributed by atoms with Gasteiger partial charge in [-0.25, -0.2) is 9.98 Å². The molecule has 156 valence electrons. The minimum Gasteiger partial charge on any atom is -0.255 e. The van der Waals surface area contributed by atoms with E-state index in [1.807, 2.05) is 45.9 Å². The van der Waals surface area contributed by atoms with Crippen LogP contribution in [-0.4, -0.2) is 21.9 Å². The van der Waals surface area contributed by atoms with Crippen LogP contribution in [0, 0.1) is 0 Å². The van der Waals surface area contributed by atoms with E-state index in [9.17, 15) is 13.2 Å². The zero-order valence-electron chi connectivity index (χ0n) is 17.4. The molecule has 2 heterocycles. The number of benzene rings is 1. The van der Waals surface area contributed by atoms with E-state index in [0.717, 1.165) is 11.1 Å². The van der Waals surface area contributed by atoms with Gasteiger partial charge in [0.05, 0.1) is 22.8 Å². The number of rotatable bonds is 5. The van der Waals surface area contributed by atoms with Crippen LogP contribution in [0.4, 0.5) is 18.9 Å². The van der Waals surface area contributed by atoms with Gasteiger partial charge in [0, 0.05) is 6.20 Å². The molecule has 6 heteroatoms. The second-order valence-electron chi connectivity index (χ2n) is 7.68. The highest BCUT2D eigenvalue weighted by Gasteiger charge is 2.38. The Kier molecular flexibility index (Phi) is 6.34.